The average Bonchev–Trinajstić information content (AvgIpc) is 3.24. The number of thioether (sulfide) groups is 1. The van der Waals surface area contributed by atoms with E-state index in [1.54, 1.807) is 86.6 Å². The first-order valence-corrected chi connectivity index (χ1v) is 15.0. The summed E-state index contributed by atoms with van der Waals surface area (Å²) in [4.78, 5) is 65.9. The summed E-state index contributed by atoms with van der Waals surface area (Å²) in [5.74, 6) is -2.74. The summed E-state index contributed by atoms with van der Waals surface area (Å²) in [6.45, 7) is 3.52. The number of carboxylic acid groups (broad SMARTS) is 1. The molecule has 2 saturated heterocycles. The number of halogens is 1. The Labute approximate surface area is 260 Å². The first-order valence-electron chi connectivity index (χ1n) is 13.7. The van der Waals surface area contributed by atoms with Crippen LogP contribution in [0.5, 0.6) is 0 Å². The van der Waals surface area contributed by atoms with Gasteiger partial charge in [-0.3, -0.25) is 14.4 Å². The second-order valence-electron chi connectivity index (χ2n) is 11.1. The molecule has 0 aliphatic carbocycles. The summed E-state index contributed by atoms with van der Waals surface area (Å²) in [5, 5.41) is 15.7. The van der Waals surface area contributed by atoms with Gasteiger partial charge in [0.1, 0.15) is 28.6 Å². The van der Waals surface area contributed by atoms with E-state index in [-0.39, 0.29) is 12.0 Å². The number of nitrogens with one attached hydrogen (secondary N) is 2. The number of nitrogens with zero attached hydrogens (tertiary/aromatic N) is 1. The van der Waals surface area contributed by atoms with Gasteiger partial charge < -0.3 is 25.1 Å². The predicted octanol–water partition coefficient (Wildman–Crippen LogP) is 4.54. The lowest BCUT2D eigenvalue weighted by Crippen LogP contribution is -2.70. The van der Waals surface area contributed by atoms with E-state index >= 15 is 0 Å². The van der Waals surface area contributed by atoms with Gasteiger partial charge in [0.2, 0.25) is 11.8 Å². The Bertz CT molecular complexity index is 1910. The molecule has 3 heterocycles. The molecule has 2 aliphatic rings. The van der Waals surface area contributed by atoms with E-state index in [1.807, 2.05) is 0 Å². The summed E-state index contributed by atoms with van der Waals surface area (Å²) in [6.07, 6.45) is -0.181. The third-order valence-electron chi connectivity index (χ3n) is 7.78. The molecule has 1 aromatic heterocycles. The summed E-state index contributed by atoms with van der Waals surface area (Å²) in [6, 6.07) is 18.4. The fraction of sp³-hybridized carbons (Fsp3) is 0.219. The largest absolute Gasteiger partial charge is 0.480 e. The van der Waals surface area contributed by atoms with Gasteiger partial charge >= 0.3 is 11.6 Å². The van der Waals surface area contributed by atoms with Crippen molar-refractivity contribution in [1.82, 2.24) is 10.2 Å². The standard InChI is InChI=1S/C32H26ClN3O7S/c1-32(2)26(30(40)41)36-28(39)25(29(36)44-32)35-22(37)15-17-7-3-5-9-20(17)34-27(38)24-23(16-11-13-18(33)14-12-16)19-8-4-6-10-21(19)43-31(24)42/h3-14,25-26,29H,15H2,1-2H3,(H,34,38)(H,35,37)(H,40,41)/t25-,26+,29-/m1/s1. The second kappa shape index (κ2) is 11.1. The van der Waals surface area contributed by atoms with Gasteiger partial charge in [-0.05, 0) is 49.2 Å². The van der Waals surface area contributed by atoms with Gasteiger partial charge in [0.25, 0.3) is 5.91 Å². The van der Waals surface area contributed by atoms with Crippen molar-refractivity contribution in [2.24, 2.45) is 0 Å². The Morgan fingerprint density at radius 2 is 1.68 bits per heavy atom. The number of fused-ring (bicyclic) bond motifs is 2. The molecule has 2 aliphatic heterocycles. The third-order valence-corrected chi connectivity index (χ3v) is 9.60. The lowest BCUT2D eigenvalue weighted by Gasteiger charge is -2.43. The van der Waals surface area contributed by atoms with Crippen LogP contribution in [0.1, 0.15) is 29.8 Å². The van der Waals surface area contributed by atoms with Crippen LogP contribution in [0.4, 0.5) is 5.69 Å². The molecule has 0 spiro atoms. The number of para-hydroxylation sites is 2. The van der Waals surface area contributed by atoms with Gasteiger partial charge in [0.15, 0.2) is 0 Å². The van der Waals surface area contributed by atoms with Gasteiger partial charge in [-0.15, -0.1) is 11.8 Å². The quantitative estimate of drug-likeness (QED) is 0.199. The molecule has 10 nitrogen and oxygen atoms in total. The average molecular weight is 632 g/mol. The van der Waals surface area contributed by atoms with Crippen LogP contribution in [0.15, 0.2) is 82.0 Å². The van der Waals surface area contributed by atoms with Crippen LogP contribution >= 0.6 is 23.4 Å². The van der Waals surface area contributed by atoms with Crippen LogP contribution in [-0.4, -0.2) is 55.9 Å². The van der Waals surface area contributed by atoms with Crippen LogP contribution < -0.4 is 16.3 Å². The van der Waals surface area contributed by atoms with Gasteiger partial charge in [0.05, 0.1) is 6.42 Å². The number of rotatable bonds is 7. The van der Waals surface area contributed by atoms with E-state index in [2.05, 4.69) is 10.6 Å². The number of benzene rings is 3. The summed E-state index contributed by atoms with van der Waals surface area (Å²) in [5.41, 5.74) is 0.998. The number of β-lactam (4-membered cyclic amide) rings is 1. The highest BCUT2D eigenvalue weighted by Crippen LogP contribution is 2.50. The molecule has 3 atom stereocenters. The van der Waals surface area contributed by atoms with Crippen molar-refractivity contribution < 1.29 is 28.7 Å². The lowest BCUT2D eigenvalue weighted by molar-refractivity contribution is -0.161. The molecule has 12 heteroatoms. The number of carbonyl (C=O) groups excluding carboxylic acids is 3. The maximum atomic E-state index is 13.7. The zero-order chi connectivity index (χ0) is 31.3. The Morgan fingerprint density at radius 1 is 1.00 bits per heavy atom. The number of carboxylic acids is 1. The smallest absolute Gasteiger partial charge is 0.349 e. The number of anilines is 1. The highest BCUT2D eigenvalue weighted by atomic mass is 35.5. The van der Waals surface area contributed by atoms with E-state index in [0.717, 1.165) is 0 Å². The van der Waals surface area contributed by atoms with Crippen LogP contribution in [0.2, 0.25) is 5.02 Å². The van der Waals surface area contributed by atoms with Crippen molar-refractivity contribution in [3.05, 3.63) is 99.4 Å². The molecule has 3 aromatic carbocycles. The molecule has 0 unspecified atom stereocenters. The minimum atomic E-state index is -1.09. The van der Waals surface area contributed by atoms with E-state index in [9.17, 15) is 29.1 Å². The topological polar surface area (TPSA) is 146 Å². The molecule has 3 amide bonds. The fourth-order valence-electron chi connectivity index (χ4n) is 5.80. The Morgan fingerprint density at radius 3 is 2.41 bits per heavy atom. The molecule has 6 rings (SSSR count). The monoisotopic (exact) mass is 631 g/mol. The van der Waals surface area contributed by atoms with Crippen LogP contribution in [0.25, 0.3) is 22.1 Å². The maximum Gasteiger partial charge on any atom is 0.349 e. The van der Waals surface area contributed by atoms with Crippen molar-refractivity contribution in [2.75, 3.05) is 5.32 Å². The van der Waals surface area contributed by atoms with Crippen molar-refractivity contribution in [1.29, 1.82) is 0 Å². The van der Waals surface area contributed by atoms with E-state index in [1.165, 1.54) is 16.7 Å². The zero-order valence-electron chi connectivity index (χ0n) is 23.5. The van der Waals surface area contributed by atoms with Gasteiger partial charge in [-0.2, -0.15) is 0 Å². The van der Waals surface area contributed by atoms with Crippen LogP contribution in [-0.2, 0) is 20.8 Å². The highest BCUT2D eigenvalue weighted by Gasteiger charge is 2.64. The molecule has 4 aromatic rings. The summed E-state index contributed by atoms with van der Waals surface area (Å²) < 4.78 is 4.78. The summed E-state index contributed by atoms with van der Waals surface area (Å²) in [7, 11) is 0. The van der Waals surface area contributed by atoms with E-state index in [4.69, 9.17) is 16.0 Å². The molecule has 0 radical (unpaired) electrons. The van der Waals surface area contributed by atoms with Crippen molar-refractivity contribution in [3.63, 3.8) is 0 Å². The number of hydrogen-bond donors (Lipinski definition) is 3. The molecule has 0 bridgehead atoms. The van der Waals surface area contributed by atoms with Gasteiger partial charge in [-0.25, -0.2) is 9.59 Å². The molecular weight excluding hydrogens is 606 g/mol. The van der Waals surface area contributed by atoms with Gasteiger partial charge in [0, 0.05) is 26.4 Å². The molecular formula is C32H26ClN3O7S. The highest BCUT2D eigenvalue weighted by molar-refractivity contribution is 8.01. The van der Waals surface area contributed by atoms with E-state index in [0.29, 0.717) is 38.4 Å². The molecule has 0 saturated carbocycles. The molecule has 2 fully saturated rings. The normalized spacial score (nSPS) is 20.1. The van der Waals surface area contributed by atoms with Gasteiger partial charge in [-0.1, -0.05) is 60.1 Å². The SMILES string of the molecule is CC1(C)S[C@@H]2[C@H](NC(=O)Cc3ccccc3NC(=O)c3c(-c4ccc(Cl)cc4)c4ccccc4oc3=O)C(=O)N2[C@H]1C(=O)O. The molecule has 224 valence electrons. The predicted molar refractivity (Wildman–Crippen MR) is 167 cm³/mol. The minimum Gasteiger partial charge on any atom is -0.480 e. The lowest BCUT2D eigenvalue weighted by atomic mass is 9.96. The number of amides is 3. The van der Waals surface area contributed by atoms with Crippen molar-refractivity contribution in [3.8, 4) is 11.1 Å². The Balaban J connectivity index is 1.25. The second-order valence-corrected chi connectivity index (χ2v) is 13.3. The first kappa shape index (κ1) is 29.5. The maximum absolute atomic E-state index is 13.7. The molecule has 44 heavy (non-hydrogen) atoms. The van der Waals surface area contributed by atoms with Crippen LogP contribution in [0, 0.1) is 0 Å². The van der Waals surface area contributed by atoms with Crippen LogP contribution in [0.3, 0.4) is 0 Å². The van der Waals surface area contributed by atoms with Crippen molar-refractivity contribution in [2.45, 2.75) is 42.5 Å². The first-order chi connectivity index (χ1) is 21.0. The zero-order valence-corrected chi connectivity index (χ0v) is 25.1. The number of carbonyl (C=O) groups is 4. The third kappa shape index (κ3) is 5.11. The number of aliphatic carboxylic acids is 1. The molecule has 3 N–H and O–H groups in total. The Kier molecular flexibility index (Phi) is 7.46. The Hall–Kier alpha value is -4.61. The van der Waals surface area contributed by atoms with E-state index < -0.39 is 51.5 Å². The van der Waals surface area contributed by atoms with Crippen molar-refractivity contribution >= 4 is 63.7 Å². The number of hydrogen-bond acceptors (Lipinski definition) is 7. The summed E-state index contributed by atoms with van der Waals surface area (Å²) >= 11 is 7.42. The fourth-order valence-corrected chi connectivity index (χ4v) is 7.55. The minimum absolute atomic E-state index is 0.181.